The molecule has 4 amide bonds. The van der Waals surface area contributed by atoms with Gasteiger partial charge in [-0.05, 0) is 134 Å². The van der Waals surface area contributed by atoms with Crippen molar-refractivity contribution in [2.75, 3.05) is 37.1 Å². The number of ether oxygens (including phenoxy) is 2. The maximum absolute atomic E-state index is 13.1. The van der Waals surface area contributed by atoms with Crippen LogP contribution in [0.4, 0.5) is 11.4 Å². The van der Waals surface area contributed by atoms with Gasteiger partial charge in [0.2, 0.25) is 0 Å². The number of terminal acetylenes is 1. The molecule has 4 N–H and O–H groups in total. The number of fused-ring (bicyclic) bond motifs is 2. The van der Waals surface area contributed by atoms with E-state index in [2.05, 4.69) is 247 Å². The average Bonchev–Trinajstić information content (AvgIpc) is 1.81. The Bertz CT molecular complexity index is 4760. The molecule has 0 aromatic heterocycles. The van der Waals surface area contributed by atoms with E-state index in [9.17, 15) is 24.3 Å². The molecule has 0 unspecified atom stereocenters. The standard InChI is InChI=1S/C27H26N4O4.C21H19BrN4O3.2C18H15P.C6H8O.CH4.2ClH.Pd/c1-31-23-15-19(10-13-27(34)11-5-12-27)8-9-24(23)35-17-22(26(31)33)28-25(32)21-16-20(29-30-21)14-18-6-3-2-4-7-18;1-26-18-10-14(22)7-8-19(18)29-12-17(21(26)28)23-20(27)16-11-15(24-25-16)9-13-5-3-2-4-6-13;2*1-4-10-16(11-5-1)19(17-12-6-2-7-13-17)18-14-8-3-9-15-18;1-2-6(7)4-3-5-6;;;;/h2-4,6-9,15,22,34H,5,11-12,14,16-17H2,1H3,(H,28,32);2-8,10,17H,9,11-12H2,1H3,(H,23,27);2*1-15H;1,7H,3-5H2;1H4;2*1H;/q;;;;;;;;+2/p-2/t22-;17-;;;;;;;/m00......./s1. The minimum Gasteiger partial charge on any atom is -0.0622 e. The van der Waals surface area contributed by atoms with Crippen LogP contribution in [0.25, 0.3) is 0 Å². The first-order valence-electron chi connectivity index (χ1n) is 36.4. The van der Waals surface area contributed by atoms with Crippen molar-refractivity contribution in [2.24, 2.45) is 20.4 Å². The second kappa shape index (κ2) is 42.7. The van der Waals surface area contributed by atoms with Gasteiger partial charge in [-0.2, -0.15) is 10.2 Å². The summed E-state index contributed by atoms with van der Waals surface area (Å²) in [5.41, 5.74) is 4.68. The van der Waals surface area contributed by atoms with Crippen LogP contribution in [0, 0.1) is 24.2 Å². The molecule has 22 heteroatoms. The predicted octanol–water partition coefficient (Wildman–Crippen LogP) is 14.4. The van der Waals surface area contributed by atoms with Crippen molar-refractivity contribution >= 4 is 141 Å². The van der Waals surface area contributed by atoms with Crippen molar-refractivity contribution in [3.8, 4) is 35.7 Å². The van der Waals surface area contributed by atoms with Crippen LogP contribution in [0.3, 0.4) is 0 Å². The summed E-state index contributed by atoms with van der Waals surface area (Å²) in [6.07, 6.45) is 11.9. The van der Waals surface area contributed by atoms with E-state index in [1.807, 2.05) is 72.8 Å². The predicted molar refractivity (Wildman–Crippen MR) is 464 cm³/mol. The molecule has 16 nitrogen and oxygen atoms in total. The third-order valence-corrected chi connectivity index (χ3v) is 24.2. The second-order valence-electron chi connectivity index (χ2n) is 26.8. The van der Waals surface area contributed by atoms with Gasteiger partial charge in [0.15, 0.2) is 0 Å². The van der Waals surface area contributed by atoms with Crippen molar-refractivity contribution in [1.29, 1.82) is 0 Å². The summed E-state index contributed by atoms with van der Waals surface area (Å²) >= 11 is 3.30. The van der Waals surface area contributed by atoms with Crippen LogP contribution >= 0.6 is 50.8 Å². The van der Waals surface area contributed by atoms with E-state index in [-0.39, 0.29) is 54.1 Å². The molecule has 113 heavy (non-hydrogen) atoms. The third-order valence-electron chi connectivity index (χ3n) is 18.8. The molecule has 0 spiro atoms. The molecule has 2 aliphatic carbocycles. The molecule has 2 atom stereocenters. The first-order chi connectivity index (χ1) is 54.5. The zero-order chi connectivity index (χ0) is 78.7. The Balaban J connectivity index is 0.000000157. The summed E-state index contributed by atoms with van der Waals surface area (Å²) in [6, 6.07) is 93.5. The molecule has 6 aliphatic rings. The molecule has 16 rings (SSSR count). The third kappa shape index (κ3) is 24.3. The van der Waals surface area contributed by atoms with Crippen molar-refractivity contribution in [3.05, 3.63) is 300 Å². The number of hydrogen-bond acceptors (Lipinski definition) is 12. The molecule has 10 aromatic carbocycles. The summed E-state index contributed by atoms with van der Waals surface area (Å²) in [7, 11) is 12.0. The van der Waals surface area contributed by atoms with Crippen molar-refractivity contribution in [3.63, 3.8) is 0 Å². The molecule has 2 fully saturated rings. The molecule has 4 heterocycles. The molecule has 4 aliphatic heterocycles. The normalized spacial score (nSPS) is 16.3. The van der Waals surface area contributed by atoms with Gasteiger partial charge in [0, 0.05) is 49.8 Å². The zero-order valence-corrected chi connectivity index (χ0v) is 68.1. The van der Waals surface area contributed by atoms with E-state index >= 15 is 0 Å². The summed E-state index contributed by atoms with van der Waals surface area (Å²) in [6.45, 7) is 0.0479. The molecular weight excluding hydrogens is 1650 g/mol. The van der Waals surface area contributed by atoms with Crippen LogP contribution in [0.5, 0.6) is 11.5 Å². The van der Waals surface area contributed by atoms with E-state index < -0.39 is 50.9 Å². The smallest absolute Gasteiger partial charge is 0.0134 e. The Labute approximate surface area is 689 Å². The van der Waals surface area contributed by atoms with Crippen LogP contribution in [-0.2, 0) is 48.0 Å². The van der Waals surface area contributed by atoms with E-state index in [1.54, 1.807) is 38.4 Å². The topological polar surface area (TPSA) is 207 Å². The molecule has 580 valence electrons. The van der Waals surface area contributed by atoms with Crippen LogP contribution in [-0.4, -0.2) is 107 Å². The summed E-state index contributed by atoms with van der Waals surface area (Å²) in [4.78, 5) is 54.4. The summed E-state index contributed by atoms with van der Waals surface area (Å²) < 4.78 is 12.4. The van der Waals surface area contributed by atoms with Gasteiger partial charge in [-0.15, -0.1) is 16.6 Å². The molecular formula is C91H87BrCl2N8O8P2Pd. The summed E-state index contributed by atoms with van der Waals surface area (Å²) in [5, 5.41) is 49.4. The molecule has 0 bridgehead atoms. The quantitative estimate of drug-likeness (QED) is 0.0467. The SMILES string of the molecule is C.C#CC1(O)CCC1.CN1C(=O)[C@@H](NC(=O)C2=NN=C(Cc3ccccc3)C2)COc2ccc(Br)cc21.CN1C(=O)[C@@H](NC(=O)C2=NN=C(Cc3ccccc3)C2)COc2ccc(C#CC3(O)CCC3)cc21.[Cl][Pd][Cl].c1ccc(P(c2ccccc2)c2ccccc2)cc1.c1ccc(P(c2ccccc2)c2ccccc2)cc1. The molecule has 0 radical (unpaired) electrons. The fraction of sp³-hybridized carbons (Fsp3) is 0.209. The largest absolute Gasteiger partial charge is 0.0622 e. The molecule has 2 saturated carbocycles. The number of benzene rings is 10. The number of aliphatic hydroxyl groups is 2. The second-order valence-corrected chi connectivity index (χ2v) is 34.5. The van der Waals surface area contributed by atoms with Crippen LogP contribution < -0.4 is 61.7 Å². The minimum atomic E-state index is -0.909. The number of amides is 4. The van der Waals surface area contributed by atoms with Gasteiger partial charge >= 0.3 is 35.0 Å². The number of anilines is 2. The Kier molecular flexibility index (Phi) is 32.3. The number of nitrogens with zero attached hydrogens (tertiary/aromatic N) is 6. The van der Waals surface area contributed by atoms with Gasteiger partial charge in [-0.1, -0.05) is 284 Å². The number of halogens is 3. The minimum absolute atomic E-state index is 0. The molecule has 0 saturated heterocycles. The maximum atomic E-state index is 13.1. The Morgan fingerprint density at radius 1 is 0.504 bits per heavy atom. The number of carbonyl (C=O) groups is 4. The van der Waals surface area contributed by atoms with Gasteiger partial charge in [0.25, 0.3) is 23.6 Å². The number of rotatable bonds is 14. The van der Waals surface area contributed by atoms with Gasteiger partial charge in [0.1, 0.15) is 59.4 Å². The Morgan fingerprint density at radius 2 is 0.823 bits per heavy atom. The number of hydrogen-bond donors (Lipinski definition) is 4. The van der Waals surface area contributed by atoms with Crippen LogP contribution in [0.15, 0.2) is 304 Å². The molecule has 10 aromatic rings. The Hall–Kier alpha value is -10.0. The first-order valence-corrected chi connectivity index (χ1v) is 43.8. The van der Waals surface area contributed by atoms with Crippen molar-refractivity contribution in [2.45, 2.75) is 94.9 Å². The van der Waals surface area contributed by atoms with Gasteiger partial charge in [-0.25, -0.2) is 0 Å². The van der Waals surface area contributed by atoms with Crippen molar-refractivity contribution in [1.82, 2.24) is 10.6 Å². The number of carbonyl (C=O) groups excluding carboxylic acids is 4. The Morgan fingerprint density at radius 3 is 1.13 bits per heavy atom. The maximum Gasteiger partial charge on any atom is -0.0134 e. The average molecular weight is 1740 g/mol. The van der Waals surface area contributed by atoms with Crippen molar-refractivity contribution < 1.29 is 54.8 Å². The number of likely N-dealkylation sites (N-methyl/N-ethyl adjacent to an activating group) is 2. The fourth-order valence-electron chi connectivity index (χ4n) is 12.5. The first kappa shape index (κ1) is 85.4. The van der Waals surface area contributed by atoms with E-state index in [4.69, 9.17) is 40.1 Å². The van der Waals surface area contributed by atoms with Gasteiger partial charge < -0.3 is 40.1 Å². The van der Waals surface area contributed by atoms with Gasteiger partial charge in [0.05, 0.1) is 22.8 Å². The van der Waals surface area contributed by atoms with Crippen LogP contribution in [0.2, 0.25) is 0 Å². The monoisotopic (exact) mass is 1740 g/mol. The van der Waals surface area contributed by atoms with Gasteiger partial charge in [-0.3, -0.25) is 19.2 Å². The van der Waals surface area contributed by atoms with Crippen LogP contribution in [0.1, 0.15) is 75.5 Å². The fourth-order valence-corrected chi connectivity index (χ4v) is 17.4. The zero-order valence-electron chi connectivity index (χ0n) is 61.6. The summed E-state index contributed by atoms with van der Waals surface area (Å²) in [5.74, 6) is 7.99. The van der Waals surface area contributed by atoms with E-state index in [1.165, 1.54) is 41.6 Å². The number of nitrogens with one attached hydrogen (secondary N) is 2. The van der Waals surface area contributed by atoms with E-state index in [0.29, 0.717) is 72.7 Å². The van der Waals surface area contributed by atoms with E-state index in [0.717, 1.165) is 52.7 Å².